The molecule has 2 atom stereocenters. The van der Waals surface area contributed by atoms with Gasteiger partial charge < -0.3 is 14.4 Å². The summed E-state index contributed by atoms with van der Waals surface area (Å²) in [4.78, 5) is 13.3. The van der Waals surface area contributed by atoms with Crippen LogP contribution < -0.4 is 0 Å². The molecular weight excluding hydrogens is 359 g/mol. The minimum absolute atomic E-state index is 0.00821. The topological polar surface area (TPSA) is 38.8 Å². The lowest BCUT2D eigenvalue weighted by Crippen LogP contribution is -2.36. The third-order valence-corrected chi connectivity index (χ3v) is 3.48. The Bertz CT molecular complexity index is 297. The Morgan fingerprint density at radius 1 is 1.44 bits per heavy atom. The van der Waals surface area contributed by atoms with E-state index in [-0.39, 0.29) is 10.0 Å². The maximum atomic E-state index is 12.1. The zero-order chi connectivity index (χ0) is 13.9. The zero-order valence-corrected chi connectivity index (χ0v) is 12.8. The second kappa shape index (κ2) is 6.31. The van der Waals surface area contributed by atoms with Crippen molar-refractivity contribution in [3.8, 4) is 0 Å². The van der Waals surface area contributed by atoms with Crippen LogP contribution in [0.25, 0.3) is 0 Å². The van der Waals surface area contributed by atoms with E-state index >= 15 is 0 Å². The SMILES string of the molecule is CC(C)(C)OC(=O)N1CC(I)C(OCC(F)F)C1. The van der Waals surface area contributed by atoms with Gasteiger partial charge in [0.2, 0.25) is 0 Å². The Balaban J connectivity index is 2.45. The number of amides is 1. The van der Waals surface area contributed by atoms with Gasteiger partial charge >= 0.3 is 6.09 Å². The van der Waals surface area contributed by atoms with Crippen molar-refractivity contribution in [2.75, 3.05) is 19.7 Å². The molecule has 1 fully saturated rings. The van der Waals surface area contributed by atoms with Crippen molar-refractivity contribution >= 4 is 28.7 Å². The molecule has 0 aliphatic carbocycles. The van der Waals surface area contributed by atoms with E-state index in [0.29, 0.717) is 13.1 Å². The molecule has 0 bridgehead atoms. The molecule has 0 saturated carbocycles. The first-order valence-corrected chi connectivity index (χ1v) is 6.95. The van der Waals surface area contributed by atoms with Crippen molar-refractivity contribution < 1.29 is 23.0 Å². The fraction of sp³-hybridized carbons (Fsp3) is 0.909. The molecule has 1 saturated heterocycles. The highest BCUT2D eigenvalue weighted by atomic mass is 127. The summed E-state index contributed by atoms with van der Waals surface area (Å²) in [5, 5.41) is 0. The largest absolute Gasteiger partial charge is 0.444 e. The molecule has 0 N–H and O–H groups in total. The maximum Gasteiger partial charge on any atom is 0.410 e. The van der Waals surface area contributed by atoms with E-state index in [4.69, 9.17) is 9.47 Å². The molecule has 0 aromatic rings. The van der Waals surface area contributed by atoms with Gasteiger partial charge in [0.1, 0.15) is 12.2 Å². The summed E-state index contributed by atoms with van der Waals surface area (Å²) in [6.07, 6.45) is -3.26. The quantitative estimate of drug-likeness (QED) is 0.561. The molecule has 0 aromatic heterocycles. The maximum absolute atomic E-state index is 12.1. The van der Waals surface area contributed by atoms with Crippen molar-refractivity contribution in [1.29, 1.82) is 0 Å². The summed E-state index contributed by atoms with van der Waals surface area (Å²) >= 11 is 2.11. The highest BCUT2D eigenvalue weighted by molar-refractivity contribution is 14.1. The predicted molar refractivity (Wildman–Crippen MR) is 71.4 cm³/mol. The molecule has 1 heterocycles. The highest BCUT2D eigenvalue weighted by Crippen LogP contribution is 2.23. The highest BCUT2D eigenvalue weighted by Gasteiger charge is 2.36. The lowest BCUT2D eigenvalue weighted by atomic mass is 10.2. The number of hydrogen-bond donors (Lipinski definition) is 0. The molecule has 2 unspecified atom stereocenters. The average molecular weight is 377 g/mol. The molecule has 1 amide bonds. The fourth-order valence-corrected chi connectivity index (χ4v) is 2.47. The standard InChI is InChI=1S/C11H18F2INO3/c1-11(2,3)18-10(16)15-4-7(14)8(5-15)17-6-9(12)13/h7-9H,4-6H2,1-3H3. The van der Waals surface area contributed by atoms with Crippen LogP contribution in [-0.4, -0.2) is 52.7 Å². The number of halogens is 3. The van der Waals surface area contributed by atoms with Gasteiger partial charge in [0, 0.05) is 6.54 Å². The minimum atomic E-state index is -2.48. The van der Waals surface area contributed by atoms with Crippen LogP contribution >= 0.6 is 22.6 Å². The minimum Gasteiger partial charge on any atom is -0.444 e. The van der Waals surface area contributed by atoms with Crippen LogP contribution in [0.2, 0.25) is 0 Å². The number of hydrogen-bond acceptors (Lipinski definition) is 3. The number of carbonyl (C=O) groups is 1. The Labute approximate surface area is 119 Å². The first-order valence-electron chi connectivity index (χ1n) is 5.71. The normalized spacial score (nSPS) is 24.7. The summed E-state index contributed by atoms with van der Waals surface area (Å²) in [7, 11) is 0. The number of ether oxygens (including phenoxy) is 2. The number of nitrogens with zero attached hydrogens (tertiary/aromatic N) is 1. The van der Waals surface area contributed by atoms with Crippen molar-refractivity contribution in [3.05, 3.63) is 0 Å². The van der Waals surface area contributed by atoms with E-state index in [9.17, 15) is 13.6 Å². The van der Waals surface area contributed by atoms with Crippen LogP contribution in [0.4, 0.5) is 13.6 Å². The van der Waals surface area contributed by atoms with Crippen LogP contribution in [0.1, 0.15) is 20.8 Å². The molecule has 0 spiro atoms. The van der Waals surface area contributed by atoms with Gasteiger partial charge in [0.25, 0.3) is 6.43 Å². The predicted octanol–water partition coefficient (Wildman–Crippen LogP) is 2.69. The van der Waals surface area contributed by atoms with Crippen LogP contribution in [-0.2, 0) is 9.47 Å². The van der Waals surface area contributed by atoms with Crippen molar-refractivity contribution in [2.24, 2.45) is 0 Å². The summed E-state index contributed by atoms with van der Waals surface area (Å²) < 4.78 is 34.4. The fourth-order valence-electron chi connectivity index (χ4n) is 1.56. The summed E-state index contributed by atoms with van der Waals surface area (Å²) in [5.74, 6) is 0. The summed E-state index contributed by atoms with van der Waals surface area (Å²) in [5.41, 5.74) is -0.556. The Morgan fingerprint density at radius 3 is 2.56 bits per heavy atom. The van der Waals surface area contributed by atoms with E-state index in [1.807, 2.05) is 0 Å². The van der Waals surface area contributed by atoms with Gasteiger partial charge in [-0.3, -0.25) is 0 Å². The van der Waals surface area contributed by atoms with Gasteiger partial charge in [-0.15, -0.1) is 0 Å². The Morgan fingerprint density at radius 2 is 2.06 bits per heavy atom. The van der Waals surface area contributed by atoms with Gasteiger partial charge in [0.05, 0.1) is 16.6 Å². The second-order valence-corrected chi connectivity index (χ2v) is 6.76. The molecule has 0 aromatic carbocycles. The molecule has 106 valence electrons. The molecular formula is C11H18F2INO3. The van der Waals surface area contributed by atoms with Crippen LogP contribution in [0.3, 0.4) is 0 Å². The van der Waals surface area contributed by atoms with Crippen LogP contribution in [0.15, 0.2) is 0 Å². The van der Waals surface area contributed by atoms with E-state index in [0.717, 1.165) is 0 Å². The first-order chi connectivity index (χ1) is 8.19. The van der Waals surface area contributed by atoms with Gasteiger partial charge in [-0.25, -0.2) is 13.6 Å². The van der Waals surface area contributed by atoms with Gasteiger partial charge in [0.15, 0.2) is 0 Å². The molecule has 18 heavy (non-hydrogen) atoms. The molecule has 7 heteroatoms. The Hall–Kier alpha value is -0.180. The molecule has 0 radical (unpaired) electrons. The number of likely N-dealkylation sites (tertiary alicyclic amines) is 1. The molecule has 1 aliphatic rings. The van der Waals surface area contributed by atoms with Crippen molar-refractivity contribution in [1.82, 2.24) is 4.90 Å². The van der Waals surface area contributed by atoms with Crippen molar-refractivity contribution in [2.45, 2.75) is 42.8 Å². The second-order valence-electron chi connectivity index (χ2n) is 5.16. The van der Waals surface area contributed by atoms with E-state index < -0.39 is 24.7 Å². The smallest absolute Gasteiger partial charge is 0.410 e. The summed E-state index contributed by atoms with van der Waals surface area (Å²) in [6.45, 7) is 5.53. The molecule has 4 nitrogen and oxygen atoms in total. The van der Waals surface area contributed by atoms with Gasteiger partial charge in [-0.2, -0.15) is 0 Å². The van der Waals surface area contributed by atoms with Crippen LogP contribution in [0, 0.1) is 0 Å². The number of alkyl halides is 3. The zero-order valence-electron chi connectivity index (χ0n) is 10.7. The number of rotatable bonds is 3. The van der Waals surface area contributed by atoms with Crippen LogP contribution in [0.5, 0.6) is 0 Å². The third kappa shape index (κ3) is 5.21. The van der Waals surface area contributed by atoms with Gasteiger partial charge in [-0.1, -0.05) is 22.6 Å². The van der Waals surface area contributed by atoms with E-state index in [1.54, 1.807) is 20.8 Å². The lowest BCUT2D eigenvalue weighted by molar-refractivity contribution is -0.0193. The van der Waals surface area contributed by atoms with E-state index in [1.165, 1.54) is 4.90 Å². The molecule has 1 rings (SSSR count). The molecule has 1 aliphatic heterocycles. The lowest BCUT2D eigenvalue weighted by Gasteiger charge is -2.24. The number of carbonyl (C=O) groups excluding carboxylic acids is 1. The van der Waals surface area contributed by atoms with E-state index in [2.05, 4.69) is 22.6 Å². The third-order valence-electron chi connectivity index (χ3n) is 2.29. The van der Waals surface area contributed by atoms with Gasteiger partial charge in [-0.05, 0) is 20.8 Å². The van der Waals surface area contributed by atoms with Crippen molar-refractivity contribution in [3.63, 3.8) is 0 Å². The average Bonchev–Trinajstić information content (AvgIpc) is 2.54. The Kier molecular flexibility index (Phi) is 5.57. The summed E-state index contributed by atoms with van der Waals surface area (Å²) in [6, 6.07) is 0. The monoisotopic (exact) mass is 377 g/mol. The first kappa shape index (κ1) is 15.9.